The molecule has 0 fully saturated rings. The van der Waals surface area contributed by atoms with Crippen molar-refractivity contribution in [2.75, 3.05) is 13.7 Å². The van der Waals surface area contributed by atoms with Crippen molar-refractivity contribution < 1.29 is 4.74 Å². The summed E-state index contributed by atoms with van der Waals surface area (Å²) in [5, 5.41) is 0. The van der Waals surface area contributed by atoms with E-state index in [1.807, 2.05) is 13.0 Å². The maximum absolute atomic E-state index is 5.55. The van der Waals surface area contributed by atoms with Gasteiger partial charge in [0.25, 0.3) is 0 Å². The predicted octanol–water partition coefficient (Wildman–Crippen LogP) is 3.41. The SMILES string of the molecule is COc1c(-c2ccc(CCN)cc2)ccnc1C.Cl.Cl. The highest BCUT2D eigenvalue weighted by molar-refractivity contribution is 5.85. The molecule has 0 saturated heterocycles. The summed E-state index contributed by atoms with van der Waals surface area (Å²) in [4.78, 5) is 4.24. The van der Waals surface area contributed by atoms with E-state index in [9.17, 15) is 0 Å². The summed E-state index contributed by atoms with van der Waals surface area (Å²) in [5.74, 6) is 0.837. The van der Waals surface area contributed by atoms with Gasteiger partial charge in [-0.15, -0.1) is 24.8 Å². The summed E-state index contributed by atoms with van der Waals surface area (Å²) in [5.41, 5.74) is 9.92. The van der Waals surface area contributed by atoms with E-state index in [1.165, 1.54) is 5.56 Å². The lowest BCUT2D eigenvalue weighted by molar-refractivity contribution is 0.411. The number of aromatic nitrogens is 1. The maximum Gasteiger partial charge on any atom is 0.147 e. The fourth-order valence-corrected chi connectivity index (χ4v) is 2.06. The van der Waals surface area contributed by atoms with Crippen LogP contribution in [0.5, 0.6) is 5.75 Å². The number of nitrogens with zero attached hydrogens (tertiary/aromatic N) is 1. The Kier molecular flexibility index (Phi) is 8.23. The Morgan fingerprint density at radius 2 is 1.75 bits per heavy atom. The van der Waals surface area contributed by atoms with E-state index in [1.54, 1.807) is 13.3 Å². The van der Waals surface area contributed by atoms with Crippen molar-refractivity contribution in [2.24, 2.45) is 5.73 Å². The molecule has 1 aromatic carbocycles. The van der Waals surface area contributed by atoms with Crippen LogP contribution in [-0.2, 0) is 6.42 Å². The molecular formula is C15H20Cl2N2O. The Hall–Kier alpha value is -1.29. The highest BCUT2D eigenvalue weighted by Crippen LogP contribution is 2.31. The summed E-state index contributed by atoms with van der Waals surface area (Å²) in [6.45, 7) is 2.63. The van der Waals surface area contributed by atoms with E-state index >= 15 is 0 Å². The van der Waals surface area contributed by atoms with E-state index < -0.39 is 0 Å². The van der Waals surface area contributed by atoms with Crippen molar-refractivity contribution in [1.29, 1.82) is 0 Å². The zero-order valence-corrected chi connectivity index (χ0v) is 13.3. The molecule has 3 nitrogen and oxygen atoms in total. The molecule has 0 spiro atoms. The van der Waals surface area contributed by atoms with Gasteiger partial charge < -0.3 is 10.5 Å². The van der Waals surface area contributed by atoms with Crippen LogP contribution in [0.25, 0.3) is 11.1 Å². The lowest BCUT2D eigenvalue weighted by Crippen LogP contribution is -2.02. The third-order valence-corrected chi connectivity index (χ3v) is 2.98. The normalized spacial score (nSPS) is 9.35. The quantitative estimate of drug-likeness (QED) is 0.940. The first-order chi connectivity index (χ1) is 8.76. The molecule has 2 N–H and O–H groups in total. The van der Waals surface area contributed by atoms with E-state index in [0.29, 0.717) is 6.54 Å². The summed E-state index contributed by atoms with van der Waals surface area (Å²) in [6.07, 6.45) is 2.72. The standard InChI is InChI=1S/C15H18N2O.2ClH/c1-11-15(18-2)14(8-10-17-11)13-5-3-12(4-6-13)7-9-16;;/h3-6,8,10H,7,9,16H2,1-2H3;2*1H. The molecule has 1 heterocycles. The predicted molar refractivity (Wildman–Crippen MR) is 88.2 cm³/mol. The van der Waals surface area contributed by atoms with Gasteiger partial charge in [-0.2, -0.15) is 0 Å². The highest BCUT2D eigenvalue weighted by Gasteiger charge is 2.08. The van der Waals surface area contributed by atoms with E-state index in [2.05, 4.69) is 29.2 Å². The molecule has 0 amide bonds. The van der Waals surface area contributed by atoms with E-state index in [-0.39, 0.29) is 24.8 Å². The van der Waals surface area contributed by atoms with Gasteiger partial charge >= 0.3 is 0 Å². The fourth-order valence-electron chi connectivity index (χ4n) is 2.06. The van der Waals surface area contributed by atoms with Crippen LogP contribution in [0.1, 0.15) is 11.3 Å². The van der Waals surface area contributed by atoms with Crippen LogP contribution in [-0.4, -0.2) is 18.6 Å². The van der Waals surface area contributed by atoms with Gasteiger partial charge in [-0.1, -0.05) is 24.3 Å². The molecule has 0 aliphatic carbocycles. The van der Waals surface area contributed by atoms with Crippen LogP contribution < -0.4 is 10.5 Å². The number of aryl methyl sites for hydroxylation is 1. The van der Waals surface area contributed by atoms with Gasteiger partial charge in [0, 0.05) is 11.8 Å². The first kappa shape index (κ1) is 18.7. The molecule has 20 heavy (non-hydrogen) atoms. The van der Waals surface area contributed by atoms with Crippen molar-refractivity contribution in [3.8, 4) is 16.9 Å². The zero-order valence-electron chi connectivity index (χ0n) is 11.6. The molecule has 0 bridgehead atoms. The number of benzene rings is 1. The largest absolute Gasteiger partial charge is 0.494 e. The Bertz CT molecular complexity index is 530. The molecule has 110 valence electrons. The van der Waals surface area contributed by atoms with Crippen molar-refractivity contribution in [3.63, 3.8) is 0 Å². The van der Waals surface area contributed by atoms with Crippen LogP contribution >= 0.6 is 24.8 Å². The Morgan fingerprint density at radius 3 is 2.30 bits per heavy atom. The smallest absolute Gasteiger partial charge is 0.147 e. The molecule has 5 heteroatoms. The molecule has 0 aliphatic heterocycles. The van der Waals surface area contributed by atoms with Crippen LogP contribution in [0.15, 0.2) is 36.5 Å². The van der Waals surface area contributed by atoms with Crippen molar-refractivity contribution in [2.45, 2.75) is 13.3 Å². The van der Waals surface area contributed by atoms with Gasteiger partial charge in [-0.25, -0.2) is 0 Å². The van der Waals surface area contributed by atoms with Gasteiger partial charge in [0.05, 0.1) is 12.8 Å². The number of hydrogen-bond donors (Lipinski definition) is 1. The van der Waals surface area contributed by atoms with Crippen LogP contribution in [0.4, 0.5) is 0 Å². The molecule has 0 atom stereocenters. The van der Waals surface area contributed by atoms with Gasteiger partial charge in [0.15, 0.2) is 0 Å². The number of rotatable bonds is 4. The number of hydrogen-bond acceptors (Lipinski definition) is 3. The lowest BCUT2D eigenvalue weighted by atomic mass is 10.0. The van der Waals surface area contributed by atoms with Gasteiger partial charge in [0.1, 0.15) is 5.75 Å². The van der Waals surface area contributed by atoms with Gasteiger partial charge in [-0.3, -0.25) is 4.98 Å². The molecule has 1 aromatic heterocycles. The first-order valence-corrected chi connectivity index (χ1v) is 6.05. The van der Waals surface area contributed by atoms with E-state index in [4.69, 9.17) is 10.5 Å². The summed E-state index contributed by atoms with van der Waals surface area (Å²) in [7, 11) is 1.68. The molecular weight excluding hydrogens is 295 g/mol. The van der Waals surface area contributed by atoms with Crippen molar-refractivity contribution in [1.82, 2.24) is 4.98 Å². The second-order valence-electron chi connectivity index (χ2n) is 4.21. The summed E-state index contributed by atoms with van der Waals surface area (Å²) in [6, 6.07) is 10.4. The summed E-state index contributed by atoms with van der Waals surface area (Å²) >= 11 is 0. The Morgan fingerprint density at radius 1 is 1.10 bits per heavy atom. The molecule has 0 radical (unpaired) electrons. The number of methoxy groups -OCH3 is 1. The topological polar surface area (TPSA) is 48.1 Å². The lowest BCUT2D eigenvalue weighted by Gasteiger charge is -2.11. The Balaban J connectivity index is 0.00000180. The third-order valence-electron chi connectivity index (χ3n) is 2.98. The average Bonchev–Trinajstić information content (AvgIpc) is 2.40. The molecule has 0 unspecified atom stereocenters. The molecule has 2 aromatic rings. The second kappa shape index (κ2) is 8.80. The number of ether oxygens (including phenoxy) is 1. The third kappa shape index (κ3) is 4.10. The van der Waals surface area contributed by atoms with Crippen LogP contribution in [0, 0.1) is 6.92 Å². The maximum atomic E-state index is 5.55. The number of pyridine rings is 1. The molecule has 2 rings (SSSR count). The van der Waals surface area contributed by atoms with Crippen molar-refractivity contribution in [3.05, 3.63) is 47.8 Å². The van der Waals surface area contributed by atoms with Gasteiger partial charge in [-0.05, 0) is 37.1 Å². The van der Waals surface area contributed by atoms with Crippen molar-refractivity contribution >= 4 is 24.8 Å². The molecule has 0 saturated carbocycles. The number of nitrogens with two attached hydrogens (primary N) is 1. The van der Waals surface area contributed by atoms with Gasteiger partial charge in [0.2, 0.25) is 0 Å². The first-order valence-electron chi connectivity index (χ1n) is 6.05. The average molecular weight is 315 g/mol. The second-order valence-corrected chi connectivity index (χ2v) is 4.21. The minimum Gasteiger partial charge on any atom is -0.494 e. The molecule has 0 aliphatic rings. The van der Waals surface area contributed by atoms with E-state index in [0.717, 1.165) is 29.0 Å². The van der Waals surface area contributed by atoms with Crippen LogP contribution in [0.3, 0.4) is 0 Å². The highest BCUT2D eigenvalue weighted by atomic mass is 35.5. The monoisotopic (exact) mass is 314 g/mol. The summed E-state index contributed by atoms with van der Waals surface area (Å²) < 4.78 is 5.43. The fraction of sp³-hybridized carbons (Fsp3) is 0.267. The number of halogens is 2. The minimum atomic E-state index is 0. The van der Waals surface area contributed by atoms with Crippen LogP contribution in [0.2, 0.25) is 0 Å². The Labute approximate surface area is 132 Å². The zero-order chi connectivity index (χ0) is 13.0. The minimum absolute atomic E-state index is 0.